The zero-order chi connectivity index (χ0) is 9.68. The van der Waals surface area contributed by atoms with Gasteiger partial charge in [-0.05, 0) is 6.42 Å². The number of amides is 1. The van der Waals surface area contributed by atoms with E-state index in [1.54, 1.807) is 6.92 Å². The third kappa shape index (κ3) is 3.35. The van der Waals surface area contributed by atoms with E-state index in [9.17, 15) is 4.79 Å². The molecule has 0 aromatic carbocycles. The Morgan fingerprint density at radius 1 is 1.62 bits per heavy atom. The lowest BCUT2D eigenvalue weighted by Crippen LogP contribution is -2.51. The Balaban J connectivity index is 2.29. The SMILES string of the molecule is CCCCC1CN(C(C)=O)CCN1. The molecule has 1 amide bonds. The molecule has 0 aromatic rings. The summed E-state index contributed by atoms with van der Waals surface area (Å²) in [4.78, 5) is 13.1. The normalized spacial score (nSPS) is 23.2. The molecule has 0 bridgehead atoms. The van der Waals surface area contributed by atoms with Crippen molar-refractivity contribution in [3.63, 3.8) is 0 Å². The molecule has 1 unspecified atom stereocenters. The monoisotopic (exact) mass is 184 g/mol. The number of hydrogen-bond donors (Lipinski definition) is 1. The number of carbonyl (C=O) groups is 1. The molecule has 1 fully saturated rings. The van der Waals surface area contributed by atoms with Gasteiger partial charge in [-0.25, -0.2) is 0 Å². The molecule has 0 aromatic heterocycles. The lowest BCUT2D eigenvalue weighted by Gasteiger charge is -2.33. The summed E-state index contributed by atoms with van der Waals surface area (Å²) >= 11 is 0. The van der Waals surface area contributed by atoms with Crippen LogP contribution < -0.4 is 5.32 Å². The minimum Gasteiger partial charge on any atom is -0.340 e. The second-order valence-corrected chi connectivity index (χ2v) is 3.76. The summed E-state index contributed by atoms with van der Waals surface area (Å²) in [7, 11) is 0. The zero-order valence-corrected chi connectivity index (χ0v) is 8.68. The Kier molecular flexibility index (Phi) is 4.22. The van der Waals surface area contributed by atoms with Crippen LogP contribution in [0.1, 0.15) is 33.1 Å². The van der Waals surface area contributed by atoms with E-state index in [2.05, 4.69) is 12.2 Å². The lowest BCUT2D eigenvalue weighted by molar-refractivity contribution is -0.130. The van der Waals surface area contributed by atoms with Crippen molar-refractivity contribution in [3.05, 3.63) is 0 Å². The van der Waals surface area contributed by atoms with Crippen molar-refractivity contribution in [3.8, 4) is 0 Å². The summed E-state index contributed by atoms with van der Waals surface area (Å²) in [6, 6.07) is 0.526. The van der Waals surface area contributed by atoms with Crippen molar-refractivity contribution >= 4 is 5.91 Å². The van der Waals surface area contributed by atoms with E-state index in [1.807, 2.05) is 4.90 Å². The summed E-state index contributed by atoms with van der Waals surface area (Å²) in [6.45, 7) is 6.58. The predicted molar refractivity (Wildman–Crippen MR) is 53.6 cm³/mol. The number of piperazine rings is 1. The van der Waals surface area contributed by atoms with E-state index in [0.29, 0.717) is 6.04 Å². The van der Waals surface area contributed by atoms with Crippen LogP contribution in [0.25, 0.3) is 0 Å². The fraction of sp³-hybridized carbons (Fsp3) is 0.900. The van der Waals surface area contributed by atoms with E-state index in [0.717, 1.165) is 19.6 Å². The van der Waals surface area contributed by atoms with Crippen LogP contribution in [0.2, 0.25) is 0 Å². The van der Waals surface area contributed by atoms with Crippen LogP contribution in [0.3, 0.4) is 0 Å². The van der Waals surface area contributed by atoms with Crippen molar-refractivity contribution in [1.82, 2.24) is 10.2 Å². The summed E-state index contributed by atoms with van der Waals surface area (Å²) in [5.74, 6) is 0.211. The molecule has 3 nitrogen and oxygen atoms in total. The molecule has 1 aliphatic rings. The first-order valence-corrected chi connectivity index (χ1v) is 5.23. The number of carbonyl (C=O) groups excluding carboxylic acids is 1. The highest BCUT2D eigenvalue weighted by molar-refractivity contribution is 5.73. The van der Waals surface area contributed by atoms with Crippen molar-refractivity contribution in [2.75, 3.05) is 19.6 Å². The highest BCUT2D eigenvalue weighted by atomic mass is 16.2. The average Bonchev–Trinajstić information content (AvgIpc) is 2.15. The number of unbranched alkanes of at least 4 members (excludes halogenated alkanes) is 1. The second kappa shape index (κ2) is 5.22. The Morgan fingerprint density at radius 2 is 2.38 bits per heavy atom. The molecule has 76 valence electrons. The van der Waals surface area contributed by atoms with Gasteiger partial charge in [-0.1, -0.05) is 19.8 Å². The van der Waals surface area contributed by atoms with Gasteiger partial charge in [0.2, 0.25) is 5.91 Å². The zero-order valence-electron chi connectivity index (χ0n) is 8.68. The molecule has 0 radical (unpaired) electrons. The highest BCUT2D eigenvalue weighted by Crippen LogP contribution is 2.06. The van der Waals surface area contributed by atoms with Crippen molar-refractivity contribution in [1.29, 1.82) is 0 Å². The average molecular weight is 184 g/mol. The molecule has 1 heterocycles. The number of nitrogens with zero attached hydrogens (tertiary/aromatic N) is 1. The maximum Gasteiger partial charge on any atom is 0.219 e. The molecule has 0 aliphatic carbocycles. The standard InChI is InChI=1S/C10H20N2O/c1-3-4-5-10-8-12(9(2)13)7-6-11-10/h10-11H,3-8H2,1-2H3. The third-order valence-corrected chi connectivity index (χ3v) is 2.61. The van der Waals surface area contributed by atoms with Crippen molar-refractivity contribution in [2.24, 2.45) is 0 Å². The van der Waals surface area contributed by atoms with Gasteiger partial charge in [0.25, 0.3) is 0 Å². The molecule has 1 aliphatic heterocycles. The van der Waals surface area contributed by atoms with Gasteiger partial charge in [0.05, 0.1) is 0 Å². The minimum absolute atomic E-state index is 0.211. The molecule has 1 atom stereocenters. The quantitative estimate of drug-likeness (QED) is 0.709. The number of nitrogens with one attached hydrogen (secondary N) is 1. The van der Waals surface area contributed by atoms with Crippen LogP contribution in [0.4, 0.5) is 0 Å². The maximum absolute atomic E-state index is 11.1. The lowest BCUT2D eigenvalue weighted by atomic mass is 10.1. The Bertz CT molecular complexity index is 170. The van der Waals surface area contributed by atoms with Gasteiger partial charge < -0.3 is 10.2 Å². The molecule has 1 rings (SSSR count). The van der Waals surface area contributed by atoms with Crippen molar-refractivity contribution < 1.29 is 4.79 Å². The van der Waals surface area contributed by atoms with Gasteiger partial charge in [-0.3, -0.25) is 4.79 Å². The van der Waals surface area contributed by atoms with E-state index < -0.39 is 0 Å². The first kappa shape index (κ1) is 10.5. The summed E-state index contributed by atoms with van der Waals surface area (Å²) < 4.78 is 0. The Hall–Kier alpha value is -0.570. The molecule has 0 spiro atoms. The van der Waals surface area contributed by atoms with E-state index in [-0.39, 0.29) is 5.91 Å². The van der Waals surface area contributed by atoms with Gasteiger partial charge in [0.15, 0.2) is 0 Å². The Morgan fingerprint density at radius 3 is 3.00 bits per heavy atom. The van der Waals surface area contributed by atoms with Crippen LogP contribution in [0.15, 0.2) is 0 Å². The van der Waals surface area contributed by atoms with Gasteiger partial charge in [0, 0.05) is 32.6 Å². The summed E-state index contributed by atoms with van der Waals surface area (Å²) in [5, 5.41) is 3.44. The van der Waals surface area contributed by atoms with Crippen LogP contribution in [0.5, 0.6) is 0 Å². The molecule has 1 saturated heterocycles. The summed E-state index contributed by atoms with van der Waals surface area (Å²) in [5.41, 5.74) is 0. The molecular formula is C10H20N2O. The smallest absolute Gasteiger partial charge is 0.219 e. The fourth-order valence-corrected chi connectivity index (χ4v) is 1.76. The van der Waals surface area contributed by atoms with Crippen LogP contribution in [-0.4, -0.2) is 36.5 Å². The minimum atomic E-state index is 0.211. The number of rotatable bonds is 3. The van der Waals surface area contributed by atoms with Gasteiger partial charge in [-0.2, -0.15) is 0 Å². The molecule has 1 N–H and O–H groups in total. The highest BCUT2D eigenvalue weighted by Gasteiger charge is 2.19. The Labute approximate surface area is 80.5 Å². The van der Waals surface area contributed by atoms with Gasteiger partial charge in [-0.15, -0.1) is 0 Å². The van der Waals surface area contributed by atoms with E-state index >= 15 is 0 Å². The van der Waals surface area contributed by atoms with Crippen LogP contribution in [-0.2, 0) is 4.79 Å². The fourth-order valence-electron chi connectivity index (χ4n) is 1.76. The van der Waals surface area contributed by atoms with E-state index in [4.69, 9.17) is 0 Å². The largest absolute Gasteiger partial charge is 0.340 e. The topological polar surface area (TPSA) is 32.3 Å². The molecule has 13 heavy (non-hydrogen) atoms. The summed E-state index contributed by atoms with van der Waals surface area (Å²) in [6.07, 6.45) is 3.68. The van der Waals surface area contributed by atoms with Gasteiger partial charge in [0.1, 0.15) is 0 Å². The van der Waals surface area contributed by atoms with E-state index in [1.165, 1.54) is 19.3 Å². The second-order valence-electron chi connectivity index (χ2n) is 3.76. The van der Waals surface area contributed by atoms with Gasteiger partial charge >= 0.3 is 0 Å². The first-order chi connectivity index (χ1) is 6.24. The molecular weight excluding hydrogens is 164 g/mol. The molecule has 3 heteroatoms. The third-order valence-electron chi connectivity index (χ3n) is 2.61. The number of hydrogen-bond acceptors (Lipinski definition) is 2. The predicted octanol–water partition coefficient (Wildman–Crippen LogP) is 0.997. The van der Waals surface area contributed by atoms with Crippen LogP contribution in [0, 0.1) is 0 Å². The van der Waals surface area contributed by atoms with Crippen LogP contribution >= 0.6 is 0 Å². The first-order valence-electron chi connectivity index (χ1n) is 5.23. The molecule has 0 saturated carbocycles. The maximum atomic E-state index is 11.1. The van der Waals surface area contributed by atoms with Crippen molar-refractivity contribution in [2.45, 2.75) is 39.2 Å².